The number of benzene rings is 3. The molecule has 1 atom stereocenters. The third-order valence-electron chi connectivity index (χ3n) is 6.97. The number of hydrogen-bond acceptors (Lipinski definition) is 9. The normalized spacial score (nSPS) is 16.1. The van der Waals surface area contributed by atoms with Gasteiger partial charge in [-0.05, 0) is 73.5 Å². The lowest BCUT2D eigenvalue weighted by atomic mass is 9.99. The molecular weight excluding hydrogens is 602 g/mol. The number of carbonyl (C=O) groups excluding carboxylic acids is 2. The van der Waals surface area contributed by atoms with Gasteiger partial charge in [0.05, 0.1) is 5.57 Å². The Balaban J connectivity index is 1.27. The summed E-state index contributed by atoms with van der Waals surface area (Å²) in [6.45, 7) is 4.14. The van der Waals surface area contributed by atoms with Crippen LogP contribution in [-0.4, -0.2) is 27.0 Å². The summed E-state index contributed by atoms with van der Waals surface area (Å²) in [6, 6.07) is 23.1. The SMILES string of the molecule is Cc1cccc(COc2ccc(C(O)=C3C(=O)C(=O)N(c4nnc(SCc5ccc(F)cc5)s4)C3c3ccc(C)o3)cc2)c1. The standard InChI is InChI=1S/C33H26FN3O5S2/c1-19-4-3-5-22(16-19)17-41-25-13-9-23(10-14-25)29(38)27-28(26-15-6-20(2)42-26)37(31(40)30(27)39)32-35-36-33(44-32)43-18-21-7-11-24(34)12-8-21/h3-16,28,38H,17-18H2,1-2H3. The molecule has 1 N–H and O–H groups in total. The van der Waals surface area contributed by atoms with Crippen molar-refractivity contribution in [2.45, 2.75) is 36.6 Å². The zero-order valence-corrected chi connectivity index (χ0v) is 25.3. The van der Waals surface area contributed by atoms with E-state index in [9.17, 15) is 19.1 Å². The molecule has 0 spiro atoms. The topological polar surface area (TPSA) is 106 Å². The second-order valence-corrected chi connectivity index (χ2v) is 12.4. The smallest absolute Gasteiger partial charge is 0.302 e. The Kier molecular flexibility index (Phi) is 8.32. The maximum Gasteiger partial charge on any atom is 0.302 e. The summed E-state index contributed by atoms with van der Waals surface area (Å²) in [5.74, 6) is -0.397. The highest BCUT2D eigenvalue weighted by atomic mass is 32.2. The lowest BCUT2D eigenvalue weighted by molar-refractivity contribution is -0.132. The molecule has 0 bridgehead atoms. The van der Waals surface area contributed by atoms with Crippen LogP contribution in [0.25, 0.3) is 5.76 Å². The zero-order valence-electron chi connectivity index (χ0n) is 23.7. The Labute approximate surface area is 260 Å². The van der Waals surface area contributed by atoms with Crippen molar-refractivity contribution >= 4 is 45.7 Å². The minimum atomic E-state index is -1.05. The van der Waals surface area contributed by atoms with Crippen LogP contribution in [0, 0.1) is 19.7 Å². The number of ether oxygens (including phenoxy) is 1. The number of furan rings is 1. The van der Waals surface area contributed by atoms with Crippen LogP contribution in [0.5, 0.6) is 5.75 Å². The molecule has 0 radical (unpaired) electrons. The molecule has 44 heavy (non-hydrogen) atoms. The molecule has 3 heterocycles. The third kappa shape index (κ3) is 6.15. The van der Waals surface area contributed by atoms with E-state index in [1.165, 1.54) is 28.8 Å². The van der Waals surface area contributed by atoms with Crippen molar-refractivity contribution in [3.05, 3.63) is 130 Å². The molecular formula is C33H26FN3O5S2. The average molecular weight is 628 g/mol. The van der Waals surface area contributed by atoms with Gasteiger partial charge in [-0.1, -0.05) is 65.1 Å². The van der Waals surface area contributed by atoms with E-state index < -0.39 is 17.7 Å². The molecule has 11 heteroatoms. The molecule has 2 aromatic heterocycles. The van der Waals surface area contributed by atoms with Crippen LogP contribution in [0.2, 0.25) is 0 Å². The summed E-state index contributed by atoms with van der Waals surface area (Å²) in [7, 11) is 0. The molecule has 1 aliphatic heterocycles. The number of anilines is 1. The Morgan fingerprint density at radius 3 is 2.48 bits per heavy atom. The minimum Gasteiger partial charge on any atom is -0.507 e. The predicted molar refractivity (Wildman–Crippen MR) is 166 cm³/mol. The predicted octanol–water partition coefficient (Wildman–Crippen LogP) is 7.38. The summed E-state index contributed by atoms with van der Waals surface area (Å²) in [4.78, 5) is 28.1. The number of Topliss-reactive ketones (excluding diaryl/α,β-unsaturated/α-hetero) is 1. The summed E-state index contributed by atoms with van der Waals surface area (Å²) < 4.78 is 25.6. The number of nitrogens with zero attached hydrogens (tertiary/aromatic N) is 3. The largest absolute Gasteiger partial charge is 0.507 e. The van der Waals surface area contributed by atoms with Crippen molar-refractivity contribution in [2.75, 3.05) is 4.90 Å². The van der Waals surface area contributed by atoms with Crippen LogP contribution in [-0.2, 0) is 21.9 Å². The van der Waals surface area contributed by atoms with Gasteiger partial charge in [-0.25, -0.2) is 4.39 Å². The van der Waals surface area contributed by atoms with Gasteiger partial charge >= 0.3 is 5.91 Å². The van der Waals surface area contributed by atoms with Crippen LogP contribution < -0.4 is 9.64 Å². The fourth-order valence-corrected chi connectivity index (χ4v) is 6.64. The second kappa shape index (κ2) is 12.5. The van der Waals surface area contributed by atoms with Crippen LogP contribution in [0.4, 0.5) is 9.52 Å². The Morgan fingerprint density at radius 2 is 1.77 bits per heavy atom. The number of amides is 1. The monoisotopic (exact) mass is 627 g/mol. The van der Waals surface area contributed by atoms with Crippen molar-refractivity contribution in [1.29, 1.82) is 0 Å². The Hall–Kier alpha value is -4.74. The zero-order chi connectivity index (χ0) is 30.8. The number of rotatable bonds is 9. The number of ketones is 1. The number of hydrogen-bond donors (Lipinski definition) is 1. The number of carbonyl (C=O) groups is 2. The highest BCUT2D eigenvalue weighted by Gasteiger charge is 2.49. The summed E-state index contributed by atoms with van der Waals surface area (Å²) in [5.41, 5.74) is 3.28. The molecule has 222 valence electrons. The van der Waals surface area contributed by atoms with Gasteiger partial charge in [-0.3, -0.25) is 14.5 Å². The van der Waals surface area contributed by atoms with E-state index in [1.807, 2.05) is 31.2 Å². The van der Waals surface area contributed by atoms with Gasteiger partial charge in [0.25, 0.3) is 5.78 Å². The van der Waals surface area contributed by atoms with E-state index in [0.29, 0.717) is 39.5 Å². The first kappa shape index (κ1) is 29.3. The van der Waals surface area contributed by atoms with Gasteiger partial charge in [-0.15, -0.1) is 10.2 Å². The molecule has 5 aromatic rings. The number of aliphatic hydroxyl groups excluding tert-OH is 1. The van der Waals surface area contributed by atoms with Gasteiger partial charge in [0.1, 0.15) is 41.5 Å². The lowest BCUT2D eigenvalue weighted by Crippen LogP contribution is -2.29. The number of aryl methyl sites for hydroxylation is 2. The maximum atomic E-state index is 13.4. The molecule has 3 aromatic carbocycles. The molecule has 1 aliphatic rings. The Bertz CT molecular complexity index is 1860. The average Bonchev–Trinajstić information content (AvgIpc) is 3.73. The summed E-state index contributed by atoms with van der Waals surface area (Å²) in [6.07, 6.45) is 0. The molecule has 1 unspecified atom stereocenters. The first-order valence-electron chi connectivity index (χ1n) is 13.6. The fourth-order valence-electron chi connectivity index (χ4n) is 4.82. The highest BCUT2D eigenvalue weighted by molar-refractivity contribution is 8.00. The molecule has 0 saturated carbocycles. The van der Waals surface area contributed by atoms with Crippen molar-refractivity contribution in [1.82, 2.24) is 10.2 Å². The number of halogens is 1. The maximum absolute atomic E-state index is 13.4. The highest BCUT2D eigenvalue weighted by Crippen LogP contribution is 2.44. The van der Waals surface area contributed by atoms with E-state index in [2.05, 4.69) is 10.2 Å². The second-order valence-electron chi connectivity index (χ2n) is 10.2. The van der Waals surface area contributed by atoms with E-state index in [0.717, 1.165) is 28.0 Å². The van der Waals surface area contributed by atoms with Gasteiger partial charge < -0.3 is 14.3 Å². The van der Waals surface area contributed by atoms with Crippen molar-refractivity contribution in [3.8, 4) is 5.75 Å². The molecule has 0 aliphatic carbocycles. The fraction of sp³-hybridized carbons (Fsp3) is 0.152. The van der Waals surface area contributed by atoms with Crippen LogP contribution in [0.3, 0.4) is 0 Å². The number of aliphatic hydroxyl groups is 1. The quantitative estimate of drug-likeness (QED) is 0.0593. The van der Waals surface area contributed by atoms with E-state index in [-0.39, 0.29) is 22.3 Å². The summed E-state index contributed by atoms with van der Waals surface area (Å²) >= 11 is 2.51. The van der Waals surface area contributed by atoms with Gasteiger partial charge in [0.2, 0.25) is 5.13 Å². The molecule has 1 fully saturated rings. The van der Waals surface area contributed by atoms with Crippen LogP contribution in [0.1, 0.15) is 39.8 Å². The van der Waals surface area contributed by atoms with Crippen LogP contribution in [0.15, 0.2) is 99.3 Å². The van der Waals surface area contributed by atoms with Crippen LogP contribution >= 0.6 is 23.1 Å². The number of aromatic nitrogens is 2. The third-order valence-corrected chi connectivity index (χ3v) is 9.10. The lowest BCUT2D eigenvalue weighted by Gasteiger charge is -2.20. The first-order chi connectivity index (χ1) is 21.3. The van der Waals surface area contributed by atoms with E-state index >= 15 is 0 Å². The van der Waals surface area contributed by atoms with Crippen molar-refractivity contribution < 1.29 is 28.2 Å². The molecule has 8 nitrogen and oxygen atoms in total. The van der Waals surface area contributed by atoms with Crippen molar-refractivity contribution in [3.63, 3.8) is 0 Å². The molecule has 6 rings (SSSR count). The van der Waals surface area contributed by atoms with E-state index in [1.54, 1.807) is 55.5 Å². The summed E-state index contributed by atoms with van der Waals surface area (Å²) in [5, 5.41) is 20.0. The number of thioether (sulfide) groups is 1. The molecule has 1 amide bonds. The Morgan fingerprint density at radius 1 is 1.00 bits per heavy atom. The van der Waals surface area contributed by atoms with Gasteiger partial charge in [0.15, 0.2) is 4.34 Å². The molecule has 1 saturated heterocycles. The van der Waals surface area contributed by atoms with E-state index in [4.69, 9.17) is 9.15 Å². The van der Waals surface area contributed by atoms with Crippen molar-refractivity contribution in [2.24, 2.45) is 0 Å². The van der Waals surface area contributed by atoms with Gasteiger partial charge in [0, 0.05) is 11.3 Å². The van der Waals surface area contributed by atoms with Gasteiger partial charge in [-0.2, -0.15) is 0 Å². The minimum absolute atomic E-state index is 0.117. The first-order valence-corrected chi connectivity index (χ1v) is 15.4.